The SMILES string of the molecule is COc1cccc([C@H](C[N+](=O)[O-])c2cc(Cl)cc(Cl)c2)c1. The molecular weight excluding hydrogens is 313 g/mol. The largest absolute Gasteiger partial charge is 0.497 e. The fourth-order valence-corrected chi connectivity index (χ4v) is 2.73. The Bertz CT molecular complexity index is 641. The summed E-state index contributed by atoms with van der Waals surface area (Å²) in [6.07, 6.45) is 0. The number of rotatable bonds is 5. The molecule has 6 heteroatoms. The minimum atomic E-state index is -0.439. The first-order valence-corrected chi connectivity index (χ1v) is 6.97. The van der Waals surface area contributed by atoms with Gasteiger partial charge in [0.2, 0.25) is 6.54 Å². The molecule has 2 rings (SSSR count). The topological polar surface area (TPSA) is 52.4 Å². The molecule has 0 aliphatic heterocycles. The highest BCUT2D eigenvalue weighted by Gasteiger charge is 2.21. The van der Waals surface area contributed by atoms with Crippen molar-refractivity contribution in [2.75, 3.05) is 13.7 Å². The molecule has 21 heavy (non-hydrogen) atoms. The normalized spacial score (nSPS) is 12.0. The van der Waals surface area contributed by atoms with Crippen LogP contribution in [-0.2, 0) is 0 Å². The van der Waals surface area contributed by atoms with Crippen molar-refractivity contribution in [2.45, 2.75) is 5.92 Å². The van der Waals surface area contributed by atoms with Crippen LogP contribution >= 0.6 is 23.2 Å². The molecule has 0 aliphatic rings. The van der Waals surface area contributed by atoms with Crippen LogP contribution in [0.15, 0.2) is 42.5 Å². The molecule has 0 fully saturated rings. The highest BCUT2D eigenvalue weighted by molar-refractivity contribution is 6.34. The number of hydrogen-bond acceptors (Lipinski definition) is 3. The fourth-order valence-electron chi connectivity index (χ4n) is 2.19. The molecule has 0 amide bonds. The molecular formula is C15H13Cl2NO3. The van der Waals surface area contributed by atoms with Crippen LogP contribution in [0.3, 0.4) is 0 Å². The van der Waals surface area contributed by atoms with Crippen molar-refractivity contribution < 1.29 is 9.66 Å². The van der Waals surface area contributed by atoms with E-state index in [2.05, 4.69) is 0 Å². The predicted molar refractivity (Wildman–Crippen MR) is 83.2 cm³/mol. The number of nitro groups is 1. The number of nitrogens with zero attached hydrogens (tertiary/aromatic N) is 1. The maximum atomic E-state index is 11.0. The highest BCUT2D eigenvalue weighted by Crippen LogP contribution is 2.31. The Labute approximate surface area is 132 Å². The van der Waals surface area contributed by atoms with E-state index in [0.29, 0.717) is 21.4 Å². The minimum absolute atomic E-state index is 0.246. The molecule has 0 spiro atoms. The van der Waals surface area contributed by atoms with Crippen LogP contribution in [0.1, 0.15) is 17.0 Å². The Hall–Kier alpha value is -1.78. The zero-order chi connectivity index (χ0) is 15.4. The highest BCUT2D eigenvalue weighted by atomic mass is 35.5. The van der Waals surface area contributed by atoms with Gasteiger partial charge in [0.15, 0.2) is 0 Å². The van der Waals surface area contributed by atoms with E-state index in [4.69, 9.17) is 27.9 Å². The molecule has 0 bridgehead atoms. The molecule has 2 aromatic rings. The summed E-state index contributed by atoms with van der Waals surface area (Å²) in [5, 5.41) is 11.9. The van der Waals surface area contributed by atoms with E-state index >= 15 is 0 Å². The minimum Gasteiger partial charge on any atom is -0.497 e. The van der Waals surface area contributed by atoms with E-state index in [0.717, 1.165) is 5.56 Å². The van der Waals surface area contributed by atoms with Gasteiger partial charge in [-0.1, -0.05) is 35.3 Å². The first-order chi connectivity index (χ1) is 9.99. The van der Waals surface area contributed by atoms with Gasteiger partial charge >= 0.3 is 0 Å². The van der Waals surface area contributed by atoms with Gasteiger partial charge in [-0.05, 0) is 41.5 Å². The van der Waals surface area contributed by atoms with E-state index in [1.54, 1.807) is 43.5 Å². The maximum Gasteiger partial charge on any atom is 0.214 e. The summed E-state index contributed by atoms with van der Waals surface area (Å²) in [6.45, 7) is -0.246. The third kappa shape index (κ3) is 4.09. The van der Waals surface area contributed by atoms with Crippen molar-refractivity contribution >= 4 is 23.2 Å². The van der Waals surface area contributed by atoms with Crippen LogP contribution in [-0.4, -0.2) is 18.6 Å². The predicted octanol–water partition coefficient (Wildman–Crippen LogP) is 4.41. The summed E-state index contributed by atoms with van der Waals surface area (Å²) in [7, 11) is 1.55. The first kappa shape index (κ1) is 15.6. The zero-order valence-corrected chi connectivity index (χ0v) is 12.8. The zero-order valence-electron chi connectivity index (χ0n) is 11.3. The Balaban J connectivity index is 2.48. The summed E-state index contributed by atoms with van der Waals surface area (Å²) in [5.74, 6) is 0.209. The molecule has 2 aromatic carbocycles. The van der Waals surface area contributed by atoms with Gasteiger partial charge in [0.05, 0.1) is 13.0 Å². The van der Waals surface area contributed by atoms with Crippen LogP contribution in [0.2, 0.25) is 10.0 Å². The number of halogens is 2. The van der Waals surface area contributed by atoms with E-state index in [9.17, 15) is 10.1 Å². The average molecular weight is 326 g/mol. The summed E-state index contributed by atoms with van der Waals surface area (Å²) >= 11 is 12.0. The quantitative estimate of drug-likeness (QED) is 0.604. The van der Waals surface area contributed by atoms with E-state index in [1.165, 1.54) is 0 Å². The van der Waals surface area contributed by atoms with Gasteiger partial charge in [-0.2, -0.15) is 0 Å². The van der Waals surface area contributed by atoms with Crippen molar-refractivity contribution in [3.8, 4) is 5.75 Å². The van der Waals surface area contributed by atoms with E-state index < -0.39 is 5.92 Å². The van der Waals surface area contributed by atoms with Gasteiger partial charge in [0.1, 0.15) is 5.75 Å². The first-order valence-electron chi connectivity index (χ1n) is 6.21. The lowest BCUT2D eigenvalue weighted by Crippen LogP contribution is -2.14. The van der Waals surface area contributed by atoms with Crippen molar-refractivity contribution in [3.63, 3.8) is 0 Å². The number of hydrogen-bond donors (Lipinski definition) is 0. The van der Waals surface area contributed by atoms with Crippen molar-refractivity contribution in [1.82, 2.24) is 0 Å². The Kier molecular flexibility index (Phi) is 5.04. The maximum absolute atomic E-state index is 11.0. The third-order valence-electron chi connectivity index (χ3n) is 3.12. The molecule has 0 aromatic heterocycles. The lowest BCUT2D eigenvalue weighted by molar-refractivity contribution is -0.481. The number of methoxy groups -OCH3 is 1. The molecule has 0 saturated carbocycles. The monoisotopic (exact) mass is 325 g/mol. The Morgan fingerprint density at radius 3 is 2.38 bits per heavy atom. The molecule has 1 atom stereocenters. The van der Waals surface area contributed by atoms with E-state index in [1.807, 2.05) is 6.07 Å². The van der Waals surface area contributed by atoms with Crippen molar-refractivity contribution in [2.24, 2.45) is 0 Å². The number of benzene rings is 2. The van der Waals surface area contributed by atoms with Crippen LogP contribution in [0.25, 0.3) is 0 Å². The van der Waals surface area contributed by atoms with Gasteiger partial charge < -0.3 is 4.74 Å². The third-order valence-corrected chi connectivity index (χ3v) is 3.55. The second kappa shape index (κ2) is 6.78. The van der Waals surface area contributed by atoms with Crippen LogP contribution < -0.4 is 4.74 Å². The van der Waals surface area contributed by atoms with Crippen molar-refractivity contribution in [1.29, 1.82) is 0 Å². The molecule has 110 valence electrons. The van der Waals surface area contributed by atoms with Crippen LogP contribution in [0.5, 0.6) is 5.75 Å². The van der Waals surface area contributed by atoms with Gasteiger partial charge in [-0.3, -0.25) is 10.1 Å². The second-order valence-electron chi connectivity index (χ2n) is 4.55. The van der Waals surface area contributed by atoms with Gasteiger partial charge in [0.25, 0.3) is 0 Å². The summed E-state index contributed by atoms with van der Waals surface area (Å²) in [6, 6.07) is 12.2. The van der Waals surface area contributed by atoms with Crippen molar-refractivity contribution in [3.05, 3.63) is 73.8 Å². The summed E-state index contributed by atoms with van der Waals surface area (Å²) in [5.41, 5.74) is 1.49. The molecule has 0 aliphatic carbocycles. The van der Waals surface area contributed by atoms with E-state index in [-0.39, 0.29) is 11.5 Å². The standard InChI is InChI=1S/C15H13Cl2NO3/c1-21-14-4-2-3-10(7-14)15(9-18(19)20)11-5-12(16)8-13(17)6-11/h2-8,15H,9H2,1H3/t15-/m0/s1. The van der Waals surface area contributed by atoms with Gasteiger partial charge in [-0.25, -0.2) is 0 Å². The fraction of sp³-hybridized carbons (Fsp3) is 0.200. The average Bonchev–Trinajstić information content (AvgIpc) is 2.43. The molecule has 4 nitrogen and oxygen atoms in total. The number of ether oxygens (including phenoxy) is 1. The molecule has 0 saturated heterocycles. The second-order valence-corrected chi connectivity index (χ2v) is 5.42. The van der Waals surface area contributed by atoms with Gasteiger partial charge in [0, 0.05) is 15.0 Å². The molecule has 0 unspecified atom stereocenters. The Morgan fingerprint density at radius 2 is 1.81 bits per heavy atom. The molecule has 0 heterocycles. The lowest BCUT2D eigenvalue weighted by Gasteiger charge is -2.15. The van der Waals surface area contributed by atoms with Gasteiger partial charge in [-0.15, -0.1) is 0 Å². The smallest absolute Gasteiger partial charge is 0.214 e. The van der Waals surface area contributed by atoms with Crippen LogP contribution in [0, 0.1) is 10.1 Å². The van der Waals surface area contributed by atoms with Crippen LogP contribution in [0.4, 0.5) is 0 Å². The molecule has 0 radical (unpaired) electrons. The summed E-state index contributed by atoms with van der Waals surface area (Å²) in [4.78, 5) is 10.6. The molecule has 0 N–H and O–H groups in total. The Morgan fingerprint density at radius 1 is 1.14 bits per heavy atom. The lowest BCUT2D eigenvalue weighted by atomic mass is 9.91. The summed E-state index contributed by atoms with van der Waals surface area (Å²) < 4.78 is 5.17.